The van der Waals surface area contributed by atoms with Crippen LogP contribution in [-0.4, -0.2) is 32.4 Å². The quantitative estimate of drug-likeness (QED) is 0.399. The van der Waals surface area contributed by atoms with E-state index >= 15 is 0 Å². The van der Waals surface area contributed by atoms with Crippen LogP contribution in [0.25, 0.3) is 0 Å². The fourth-order valence-corrected chi connectivity index (χ4v) is 4.92. The van der Waals surface area contributed by atoms with Crippen LogP contribution in [0.4, 0.5) is 10.5 Å². The molecule has 3 rings (SSSR count). The number of carbonyl (C=O) groups is 2. The van der Waals surface area contributed by atoms with Crippen LogP contribution in [-0.2, 0) is 27.1 Å². The lowest BCUT2D eigenvalue weighted by Crippen LogP contribution is -2.57. The van der Waals surface area contributed by atoms with Crippen LogP contribution >= 0.6 is 0 Å². The standard InChI is InChI=1S/C24H30N4O4S/c1-2-16-26-33(31,32)18-20-10-12-21(13-11-20)27-22(29)24(14-6-7-15-24)28-23(30)25-17-19-8-4-3-5-9-19/h2-5,8-13,26H,1,6-7,14-18H2,(H,27,29)(H2,25,28,30). The van der Waals surface area contributed by atoms with Crippen LogP contribution in [0.1, 0.15) is 36.8 Å². The highest BCUT2D eigenvalue weighted by atomic mass is 32.2. The van der Waals surface area contributed by atoms with E-state index in [1.165, 1.54) is 6.08 Å². The number of nitrogens with one attached hydrogen (secondary N) is 4. The lowest BCUT2D eigenvalue weighted by atomic mass is 9.96. The van der Waals surface area contributed by atoms with Crippen LogP contribution in [0, 0.1) is 0 Å². The maximum atomic E-state index is 13.1. The van der Waals surface area contributed by atoms with Crippen molar-refractivity contribution in [1.29, 1.82) is 0 Å². The third kappa shape index (κ3) is 7.16. The Kier molecular flexibility index (Phi) is 8.24. The summed E-state index contributed by atoms with van der Waals surface area (Å²) in [4.78, 5) is 25.6. The van der Waals surface area contributed by atoms with Crippen molar-refractivity contribution < 1.29 is 18.0 Å². The van der Waals surface area contributed by atoms with Crippen LogP contribution in [0.2, 0.25) is 0 Å². The molecule has 1 aliphatic rings. The van der Waals surface area contributed by atoms with Crippen LogP contribution in [0.5, 0.6) is 0 Å². The van der Waals surface area contributed by atoms with E-state index < -0.39 is 15.6 Å². The third-order valence-electron chi connectivity index (χ3n) is 5.56. The summed E-state index contributed by atoms with van der Waals surface area (Å²) in [5, 5.41) is 8.57. The van der Waals surface area contributed by atoms with Gasteiger partial charge in [-0.1, -0.05) is 61.4 Å². The maximum Gasteiger partial charge on any atom is 0.315 e. The maximum absolute atomic E-state index is 13.1. The summed E-state index contributed by atoms with van der Waals surface area (Å²) in [5.74, 6) is -0.440. The number of hydrogen-bond acceptors (Lipinski definition) is 4. The molecule has 3 amide bonds. The van der Waals surface area contributed by atoms with Crippen molar-refractivity contribution in [3.8, 4) is 0 Å². The smallest absolute Gasteiger partial charge is 0.315 e. The first-order chi connectivity index (χ1) is 15.8. The molecule has 0 saturated heterocycles. The SMILES string of the molecule is C=CCNS(=O)(=O)Cc1ccc(NC(=O)C2(NC(=O)NCc3ccccc3)CCCC2)cc1. The predicted octanol–water partition coefficient (Wildman–Crippen LogP) is 3.04. The van der Waals surface area contributed by atoms with E-state index in [2.05, 4.69) is 27.3 Å². The summed E-state index contributed by atoms with van der Waals surface area (Å²) in [6.07, 6.45) is 4.29. The third-order valence-corrected chi connectivity index (χ3v) is 6.88. The Morgan fingerprint density at radius 1 is 0.970 bits per heavy atom. The molecule has 0 spiro atoms. The Hall–Kier alpha value is -3.17. The molecule has 0 atom stereocenters. The average Bonchev–Trinajstić information content (AvgIpc) is 3.28. The van der Waals surface area contributed by atoms with Crippen LogP contribution in [0.3, 0.4) is 0 Å². The van der Waals surface area contributed by atoms with E-state index in [0.29, 0.717) is 30.6 Å². The molecular formula is C24H30N4O4S. The summed E-state index contributed by atoms with van der Waals surface area (Å²) < 4.78 is 26.4. The molecule has 1 fully saturated rings. The van der Waals surface area contributed by atoms with Crippen molar-refractivity contribution in [2.45, 2.75) is 43.5 Å². The fraction of sp³-hybridized carbons (Fsp3) is 0.333. The minimum atomic E-state index is -3.46. The predicted molar refractivity (Wildman–Crippen MR) is 129 cm³/mol. The molecule has 0 radical (unpaired) electrons. The van der Waals surface area contributed by atoms with Gasteiger partial charge >= 0.3 is 6.03 Å². The Bertz CT molecular complexity index is 1060. The first-order valence-electron chi connectivity index (χ1n) is 10.9. The zero-order valence-electron chi connectivity index (χ0n) is 18.5. The molecule has 0 heterocycles. The van der Waals surface area contributed by atoms with E-state index in [0.717, 1.165) is 18.4 Å². The van der Waals surface area contributed by atoms with Gasteiger partial charge in [0.2, 0.25) is 15.9 Å². The molecule has 4 N–H and O–H groups in total. The number of hydrogen-bond donors (Lipinski definition) is 4. The van der Waals surface area contributed by atoms with Gasteiger partial charge in [-0.15, -0.1) is 6.58 Å². The molecule has 1 saturated carbocycles. The first-order valence-corrected chi connectivity index (χ1v) is 12.6. The molecular weight excluding hydrogens is 440 g/mol. The molecule has 0 bridgehead atoms. The van der Waals surface area contributed by atoms with Crippen molar-refractivity contribution in [3.05, 3.63) is 78.4 Å². The summed E-state index contributed by atoms with van der Waals surface area (Å²) in [6, 6.07) is 15.8. The highest BCUT2D eigenvalue weighted by Gasteiger charge is 2.42. The lowest BCUT2D eigenvalue weighted by molar-refractivity contribution is -0.121. The van der Waals surface area contributed by atoms with Crippen molar-refractivity contribution in [3.63, 3.8) is 0 Å². The Morgan fingerprint density at radius 2 is 1.64 bits per heavy atom. The number of anilines is 1. The number of benzene rings is 2. The minimum Gasteiger partial charge on any atom is -0.334 e. The van der Waals surface area contributed by atoms with E-state index in [-0.39, 0.29) is 24.2 Å². The second-order valence-corrected chi connectivity index (χ2v) is 9.94. The van der Waals surface area contributed by atoms with Gasteiger partial charge in [-0.05, 0) is 36.1 Å². The summed E-state index contributed by atoms with van der Waals surface area (Å²) in [5.41, 5.74) is 1.13. The van der Waals surface area contributed by atoms with Gasteiger partial charge in [0.15, 0.2) is 0 Å². The molecule has 9 heteroatoms. The second-order valence-electron chi connectivity index (χ2n) is 8.13. The van der Waals surface area contributed by atoms with Crippen LogP contribution in [0.15, 0.2) is 67.3 Å². The molecule has 1 aliphatic carbocycles. The van der Waals surface area contributed by atoms with E-state index in [9.17, 15) is 18.0 Å². The van der Waals surface area contributed by atoms with E-state index in [1.54, 1.807) is 24.3 Å². The number of urea groups is 1. The molecule has 0 aromatic heterocycles. The highest BCUT2D eigenvalue weighted by molar-refractivity contribution is 7.88. The van der Waals surface area contributed by atoms with E-state index in [4.69, 9.17) is 0 Å². The summed E-state index contributed by atoms with van der Waals surface area (Å²) in [6.45, 7) is 4.04. The van der Waals surface area contributed by atoms with Crippen LogP contribution < -0.4 is 20.7 Å². The average molecular weight is 471 g/mol. The molecule has 2 aromatic rings. The van der Waals surface area contributed by atoms with Gasteiger partial charge < -0.3 is 16.0 Å². The van der Waals surface area contributed by atoms with Gasteiger partial charge in [0.05, 0.1) is 5.75 Å². The number of sulfonamides is 1. The molecule has 0 unspecified atom stereocenters. The molecule has 2 aromatic carbocycles. The number of amides is 3. The molecule has 8 nitrogen and oxygen atoms in total. The van der Waals surface area contributed by atoms with Crippen molar-refractivity contribution in [1.82, 2.24) is 15.4 Å². The summed E-state index contributed by atoms with van der Waals surface area (Å²) in [7, 11) is -3.46. The monoisotopic (exact) mass is 470 g/mol. The fourth-order valence-electron chi connectivity index (χ4n) is 3.82. The van der Waals surface area contributed by atoms with Gasteiger partial charge in [-0.25, -0.2) is 17.9 Å². The minimum absolute atomic E-state index is 0.165. The molecule has 0 aliphatic heterocycles. The molecule has 176 valence electrons. The first kappa shape index (κ1) is 24.5. The Morgan fingerprint density at radius 3 is 2.27 bits per heavy atom. The van der Waals surface area contributed by atoms with Gasteiger partial charge in [-0.3, -0.25) is 4.79 Å². The van der Waals surface area contributed by atoms with Crippen molar-refractivity contribution in [2.75, 3.05) is 11.9 Å². The van der Waals surface area contributed by atoms with Gasteiger partial charge in [0, 0.05) is 18.8 Å². The lowest BCUT2D eigenvalue weighted by Gasteiger charge is -2.29. The Labute approximate surface area is 194 Å². The van der Waals surface area contributed by atoms with Crippen molar-refractivity contribution in [2.24, 2.45) is 0 Å². The van der Waals surface area contributed by atoms with Gasteiger partial charge in [0.25, 0.3) is 0 Å². The highest BCUT2D eigenvalue weighted by Crippen LogP contribution is 2.31. The summed E-state index contributed by atoms with van der Waals surface area (Å²) >= 11 is 0. The largest absolute Gasteiger partial charge is 0.334 e. The van der Waals surface area contributed by atoms with Gasteiger partial charge in [0.1, 0.15) is 5.54 Å². The van der Waals surface area contributed by atoms with Gasteiger partial charge in [-0.2, -0.15) is 0 Å². The topological polar surface area (TPSA) is 116 Å². The van der Waals surface area contributed by atoms with E-state index in [1.807, 2.05) is 30.3 Å². The zero-order chi connectivity index (χ0) is 23.7. The Balaban J connectivity index is 1.59. The zero-order valence-corrected chi connectivity index (χ0v) is 19.3. The molecule has 33 heavy (non-hydrogen) atoms. The second kappa shape index (κ2) is 11.1. The number of rotatable bonds is 10. The van der Waals surface area contributed by atoms with Crippen molar-refractivity contribution >= 4 is 27.6 Å². The number of carbonyl (C=O) groups excluding carboxylic acids is 2. The normalized spacial score (nSPS) is 14.9.